The van der Waals surface area contributed by atoms with Gasteiger partial charge >= 0.3 is 0 Å². The van der Waals surface area contributed by atoms with Crippen molar-refractivity contribution in [3.8, 4) is 0 Å². The Kier molecular flexibility index (Phi) is 1.74. The number of rotatable bonds is 1. The topological polar surface area (TPSA) is 29.5 Å². The van der Waals surface area contributed by atoms with Crippen molar-refractivity contribution < 1.29 is 9.84 Å². The van der Waals surface area contributed by atoms with Gasteiger partial charge in [0.25, 0.3) is 0 Å². The van der Waals surface area contributed by atoms with Crippen molar-refractivity contribution in [2.75, 3.05) is 6.61 Å². The van der Waals surface area contributed by atoms with Crippen LogP contribution in [0.4, 0.5) is 0 Å². The fourth-order valence-electron chi connectivity index (χ4n) is 2.75. The van der Waals surface area contributed by atoms with E-state index in [2.05, 4.69) is 6.92 Å². The van der Waals surface area contributed by atoms with E-state index >= 15 is 0 Å². The fraction of sp³-hybridized carbons (Fsp3) is 1.00. The first kappa shape index (κ1) is 8.52. The maximum absolute atomic E-state index is 9.26. The molecule has 1 atom stereocenters. The third-order valence-corrected chi connectivity index (χ3v) is 3.70. The van der Waals surface area contributed by atoms with Gasteiger partial charge in [-0.25, -0.2) is 0 Å². The molecular weight excluding hydrogens is 152 g/mol. The van der Waals surface area contributed by atoms with Gasteiger partial charge in [0.15, 0.2) is 0 Å². The molecule has 2 aliphatic heterocycles. The summed E-state index contributed by atoms with van der Waals surface area (Å²) in [4.78, 5) is 0. The number of hydrogen-bond acceptors (Lipinski definition) is 2. The van der Waals surface area contributed by atoms with Crippen LogP contribution < -0.4 is 0 Å². The summed E-state index contributed by atoms with van der Waals surface area (Å²) in [5, 5.41) is 9.26. The van der Waals surface area contributed by atoms with Crippen molar-refractivity contribution in [1.82, 2.24) is 0 Å². The van der Waals surface area contributed by atoms with Gasteiger partial charge in [-0.3, -0.25) is 0 Å². The fourth-order valence-corrected chi connectivity index (χ4v) is 2.75. The normalized spacial score (nSPS) is 52.8. The van der Waals surface area contributed by atoms with Gasteiger partial charge in [0.05, 0.1) is 17.8 Å². The second-order valence-electron chi connectivity index (χ2n) is 4.80. The van der Waals surface area contributed by atoms with Crippen LogP contribution in [0.2, 0.25) is 0 Å². The summed E-state index contributed by atoms with van der Waals surface area (Å²) in [5.41, 5.74) is -0.183. The molecule has 0 aromatic carbocycles. The molecule has 2 saturated heterocycles. The highest BCUT2D eigenvalue weighted by atomic mass is 16.5. The summed E-state index contributed by atoms with van der Waals surface area (Å²) >= 11 is 0. The predicted molar refractivity (Wildman–Crippen MR) is 46.9 cm³/mol. The van der Waals surface area contributed by atoms with Crippen molar-refractivity contribution >= 4 is 0 Å². The maximum atomic E-state index is 9.26. The first-order chi connectivity index (χ1) is 5.58. The molecule has 0 spiro atoms. The van der Waals surface area contributed by atoms with Crippen LogP contribution in [0, 0.1) is 5.92 Å². The van der Waals surface area contributed by atoms with Crippen molar-refractivity contribution in [3.63, 3.8) is 0 Å². The van der Waals surface area contributed by atoms with E-state index in [9.17, 15) is 5.11 Å². The molecule has 0 radical (unpaired) electrons. The third-order valence-electron chi connectivity index (χ3n) is 3.70. The first-order valence-corrected chi connectivity index (χ1v) is 4.89. The van der Waals surface area contributed by atoms with Crippen LogP contribution >= 0.6 is 0 Å². The van der Waals surface area contributed by atoms with Crippen molar-refractivity contribution in [2.45, 2.75) is 50.7 Å². The molecule has 3 aliphatic rings. The van der Waals surface area contributed by atoms with Crippen molar-refractivity contribution in [1.29, 1.82) is 0 Å². The van der Waals surface area contributed by atoms with Gasteiger partial charge in [0, 0.05) is 0 Å². The number of ether oxygens (including phenoxy) is 1. The number of aliphatic hydroxyl groups excluding tert-OH is 1. The summed E-state index contributed by atoms with van der Waals surface area (Å²) in [6.45, 7) is 4.40. The molecule has 0 aromatic rings. The monoisotopic (exact) mass is 170 g/mol. The van der Waals surface area contributed by atoms with Crippen LogP contribution in [-0.2, 0) is 4.74 Å². The summed E-state index contributed by atoms with van der Waals surface area (Å²) < 4.78 is 5.96. The molecule has 3 rings (SSSR count). The molecule has 12 heavy (non-hydrogen) atoms. The second-order valence-corrected chi connectivity index (χ2v) is 4.80. The van der Waals surface area contributed by atoms with Crippen LogP contribution in [0.15, 0.2) is 0 Å². The minimum atomic E-state index is -0.245. The Bertz CT molecular complexity index is 182. The lowest BCUT2D eigenvalue weighted by Gasteiger charge is -2.54. The number of hydrogen-bond donors (Lipinski definition) is 1. The Balaban J connectivity index is 2.21. The Labute approximate surface area is 73.9 Å². The lowest BCUT2D eigenvalue weighted by Crippen LogP contribution is -2.57. The van der Waals surface area contributed by atoms with Crippen LogP contribution in [0.25, 0.3) is 0 Å². The van der Waals surface area contributed by atoms with E-state index in [1.807, 2.05) is 6.92 Å². The van der Waals surface area contributed by atoms with E-state index in [1.54, 1.807) is 0 Å². The van der Waals surface area contributed by atoms with E-state index < -0.39 is 0 Å². The zero-order chi connectivity index (χ0) is 8.82. The summed E-state index contributed by atoms with van der Waals surface area (Å²) in [6.07, 6.45) is 4.81. The molecule has 0 amide bonds. The van der Waals surface area contributed by atoms with Gasteiger partial charge in [-0.15, -0.1) is 0 Å². The average Bonchev–Trinajstić information content (AvgIpc) is 2.04. The smallest absolute Gasteiger partial charge is 0.0919 e. The SMILES string of the molecule is CC12CCC(CC1)[C@](C)(CO)O2. The van der Waals surface area contributed by atoms with E-state index in [1.165, 1.54) is 25.7 Å². The van der Waals surface area contributed by atoms with Crippen LogP contribution in [-0.4, -0.2) is 22.9 Å². The Morgan fingerprint density at radius 3 is 2.25 bits per heavy atom. The largest absolute Gasteiger partial charge is 0.393 e. The summed E-state index contributed by atoms with van der Waals surface area (Å²) in [6, 6.07) is 0. The average molecular weight is 170 g/mol. The molecule has 2 heteroatoms. The number of fused-ring (bicyclic) bond motifs is 3. The molecule has 2 heterocycles. The third kappa shape index (κ3) is 1.09. The van der Waals surface area contributed by atoms with Crippen molar-refractivity contribution in [2.24, 2.45) is 5.92 Å². The lowest BCUT2D eigenvalue weighted by atomic mass is 9.68. The molecule has 3 fully saturated rings. The van der Waals surface area contributed by atoms with E-state index in [-0.39, 0.29) is 17.8 Å². The Morgan fingerprint density at radius 1 is 1.33 bits per heavy atom. The van der Waals surface area contributed by atoms with Gasteiger partial charge in [0.1, 0.15) is 0 Å². The van der Waals surface area contributed by atoms with Crippen LogP contribution in [0.1, 0.15) is 39.5 Å². The number of aliphatic hydroxyl groups is 1. The Morgan fingerprint density at radius 2 is 1.92 bits per heavy atom. The quantitative estimate of drug-likeness (QED) is 0.649. The summed E-state index contributed by atoms with van der Waals surface area (Å²) in [5.74, 6) is 0.587. The predicted octanol–water partition coefficient (Wildman–Crippen LogP) is 1.72. The zero-order valence-electron chi connectivity index (χ0n) is 7.97. The highest BCUT2D eigenvalue weighted by Crippen LogP contribution is 2.49. The van der Waals surface area contributed by atoms with Gasteiger partial charge in [0.2, 0.25) is 0 Å². The highest BCUT2D eigenvalue weighted by molar-refractivity contribution is 4.99. The minimum Gasteiger partial charge on any atom is -0.393 e. The molecule has 1 N–H and O–H groups in total. The second kappa shape index (κ2) is 2.46. The van der Waals surface area contributed by atoms with Crippen LogP contribution in [0.3, 0.4) is 0 Å². The lowest BCUT2D eigenvalue weighted by molar-refractivity contribution is -0.250. The molecular formula is C10H18O2. The van der Waals surface area contributed by atoms with E-state index in [4.69, 9.17) is 4.74 Å². The first-order valence-electron chi connectivity index (χ1n) is 4.89. The highest BCUT2D eigenvalue weighted by Gasteiger charge is 2.50. The molecule has 2 bridgehead atoms. The van der Waals surface area contributed by atoms with Crippen LogP contribution in [0.5, 0.6) is 0 Å². The van der Waals surface area contributed by atoms with Gasteiger partial charge in [-0.2, -0.15) is 0 Å². The Hall–Kier alpha value is -0.0800. The summed E-state index contributed by atoms with van der Waals surface area (Å²) in [7, 11) is 0. The van der Waals surface area contributed by atoms with Gasteiger partial charge in [-0.05, 0) is 45.4 Å². The van der Waals surface area contributed by atoms with Gasteiger partial charge < -0.3 is 9.84 Å². The molecule has 1 saturated carbocycles. The zero-order valence-corrected chi connectivity index (χ0v) is 7.97. The minimum absolute atomic E-state index is 0.0617. The molecule has 0 aromatic heterocycles. The van der Waals surface area contributed by atoms with E-state index in [0.29, 0.717) is 5.92 Å². The standard InChI is InChI=1S/C10H18O2/c1-9-5-3-8(4-6-9)10(2,7-11)12-9/h8,11H,3-7H2,1-2H3/t8?,9?,10-/m0/s1. The molecule has 1 aliphatic carbocycles. The maximum Gasteiger partial charge on any atom is 0.0919 e. The van der Waals surface area contributed by atoms with Crippen molar-refractivity contribution in [3.05, 3.63) is 0 Å². The van der Waals surface area contributed by atoms with Gasteiger partial charge in [-0.1, -0.05) is 0 Å². The van der Waals surface area contributed by atoms with E-state index in [0.717, 1.165) is 0 Å². The molecule has 0 unspecified atom stereocenters. The molecule has 2 nitrogen and oxygen atoms in total. The molecule has 70 valence electrons.